The fourth-order valence-corrected chi connectivity index (χ4v) is 3.74. The van der Waals surface area contributed by atoms with Crippen LogP contribution in [0.4, 0.5) is 0 Å². The maximum absolute atomic E-state index is 13.0. The van der Waals surface area contributed by atoms with Crippen molar-refractivity contribution < 1.29 is 18.9 Å². The summed E-state index contributed by atoms with van der Waals surface area (Å²) in [6, 6.07) is 26.7. The van der Waals surface area contributed by atoms with Gasteiger partial charge in [0.05, 0.1) is 6.20 Å². The van der Waals surface area contributed by atoms with Gasteiger partial charge in [0.15, 0.2) is 6.20 Å². The Kier molecular flexibility index (Phi) is 5.14. The number of nitrogens with zero attached hydrogens (tertiary/aromatic N) is 2. The van der Waals surface area contributed by atoms with Gasteiger partial charge in [0, 0.05) is 16.3 Å². The van der Waals surface area contributed by atoms with Crippen LogP contribution in [0.3, 0.4) is 0 Å². The number of hydrogen-bond acceptors (Lipinski definition) is 4. The number of aromatic nitrogens is 2. The highest BCUT2D eigenvalue weighted by molar-refractivity contribution is 6.07. The molecule has 0 saturated carbocycles. The number of rotatable bonds is 5. The van der Waals surface area contributed by atoms with E-state index in [1.807, 2.05) is 66.7 Å². The van der Waals surface area contributed by atoms with E-state index in [4.69, 9.17) is 4.74 Å². The summed E-state index contributed by atoms with van der Waals surface area (Å²) in [5.74, 6) is -0.129. The summed E-state index contributed by atoms with van der Waals surface area (Å²) in [5, 5.41) is 3.67. The number of ether oxygens (including phenoxy) is 1. The van der Waals surface area contributed by atoms with Gasteiger partial charge in [-0.2, -0.15) is 4.57 Å². The van der Waals surface area contributed by atoms with Crippen molar-refractivity contribution in [3.63, 3.8) is 0 Å². The number of benzene rings is 4. The second-order valence-corrected chi connectivity index (χ2v) is 7.44. The molecule has 5 heteroatoms. The molecular weight excluding hydrogens is 400 g/mol. The Morgan fingerprint density at radius 3 is 2.12 bits per heavy atom. The third-order valence-corrected chi connectivity index (χ3v) is 5.31. The maximum atomic E-state index is 13.0. The van der Waals surface area contributed by atoms with Crippen molar-refractivity contribution in [1.82, 2.24) is 4.98 Å². The lowest BCUT2D eigenvalue weighted by Crippen LogP contribution is -2.38. The van der Waals surface area contributed by atoms with Crippen LogP contribution in [-0.2, 0) is 6.54 Å². The molecule has 5 rings (SSSR count). The summed E-state index contributed by atoms with van der Waals surface area (Å²) in [7, 11) is 0. The Morgan fingerprint density at radius 1 is 0.812 bits per heavy atom. The predicted molar refractivity (Wildman–Crippen MR) is 122 cm³/mol. The minimum atomic E-state index is -0.576. The highest BCUT2D eigenvalue weighted by atomic mass is 16.5. The average molecular weight is 419 g/mol. The molecule has 4 aromatic carbocycles. The number of fused-ring (bicyclic) bond motifs is 2. The molecule has 0 aliphatic carbocycles. The van der Waals surface area contributed by atoms with E-state index >= 15 is 0 Å². The van der Waals surface area contributed by atoms with E-state index in [2.05, 4.69) is 11.1 Å². The lowest BCUT2D eigenvalue weighted by molar-refractivity contribution is -0.683. The Labute approximate surface area is 184 Å². The SMILES string of the molecule is O=C(C[n+]1ccnc(C(=O)Oc2c3ccccc3cc3ccccc23)c1)c1ccccc1. The topological polar surface area (TPSA) is 60.1 Å². The van der Waals surface area contributed by atoms with Crippen LogP contribution in [-0.4, -0.2) is 16.7 Å². The van der Waals surface area contributed by atoms with Crippen LogP contribution < -0.4 is 9.30 Å². The maximum Gasteiger partial charge on any atom is 0.368 e. The van der Waals surface area contributed by atoms with Crippen LogP contribution in [0.1, 0.15) is 20.8 Å². The highest BCUT2D eigenvalue weighted by Gasteiger charge is 2.20. The molecule has 0 unspecified atom stereocenters. The van der Waals surface area contributed by atoms with E-state index in [-0.39, 0.29) is 18.0 Å². The van der Waals surface area contributed by atoms with Crippen LogP contribution in [0.5, 0.6) is 5.75 Å². The number of carbonyl (C=O) groups excluding carboxylic acids is 2. The minimum Gasteiger partial charge on any atom is -0.420 e. The molecule has 154 valence electrons. The smallest absolute Gasteiger partial charge is 0.368 e. The van der Waals surface area contributed by atoms with Crippen LogP contribution in [0.2, 0.25) is 0 Å². The van der Waals surface area contributed by atoms with Crippen molar-refractivity contribution >= 4 is 33.3 Å². The third-order valence-electron chi connectivity index (χ3n) is 5.31. The average Bonchev–Trinajstić information content (AvgIpc) is 2.84. The van der Waals surface area contributed by atoms with Crippen LogP contribution in [0, 0.1) is 0 Å². The van der Waals surface area contributed by atoms with Gasteiger partial charge in [-0.25, -0.2) is 9.78 Å². The molecule has 0 bridgehead atoms. The van der Waals surface area contributed by atoms with Gasteiger partial charge in [0.1, 0.15) is 5.75 Å². The summed E-state index contributed by atoms with van der Waals surface area (Å²) in [6.07, 6.45) is 4.69. The first-order chi connectivity index (χ1) is 15.7. The van der Waals surface area contributed by atoms with Crippen LogP contribution in [0.15, 0.2) is 104 Å². The molecule has 0 atom stereocenters. The largest absolute Gasteiger partial charge is 0.420 e. The first-order valence-corrected chi connectivity index (χ1v) is 10.2. The van der Waals surface area contributed by atoms with Gasteiger partial charge in [-0.1, -0.05) is 78.9 Å². The second-order valence-electron chi connectivity index (χ2n) is 7.44. The van der Waals surface area contributed by atoms with Crippen LogP contribution in [0.25, 0.3) is 21.5 Å². The van der Waals surface area contributed by atoms with Crippen molar-refractivity contribution in [3.8, 4) is 5.75 Å². The van der Waals surface area contributed by atoms with Crippen molar-refractivity contribution in [2.75, 3.05) is 0 Å². The predicted octanol–water partition coefficient (Wildman–Crippen LogP) is 4.78. The molecule has 0 saturated heterocycles. The highest BCUT2D eigenvalue weighted by Crippen LogP contribution is 2.35. The molecule has 0 radical (unpaired) electrons. The van der Waals surface area contributed by atoms with Gasteiger partial charge in [-0.3, -0.25) is 4.79 Å². The minimum absolute atomic E-state index is 0.0545. The van der Waals surface area contributed by atoms with Gasteiger partial charge in [0.2, 0.25) is 24.2 Å². The van der Waals surface area contributed by atoms with Crippen molar-refractivity contribution in [2.24, 2.45) is 0 Å². The Hall–Kier alpha value is -4.38. The van der Waals surface area contributed by atoms with E-state index in [9.17, 15) is 9.59 Å². The van der Waals surface area contributed by atoms with Crippen molar-refractivity contribution in [2.45, 2.75) is 6.54 Å². The zero-order valence-electron chi connectivity index (χ0n) is 17.1. The van der Waals surface area contributed by atoms with E-state index in [1.165, 1.54) is 12.4 Å². The lowest BCUT2D eigenvalue weighted by atomic mass is 10.0. The van der Waals surface area contributed by atoms with Gasteiger partial charge >= 0.3 is 5.97 Å². The first-order valence-electron chi connectivity index (χ1n) is 10.2. The molecule has 5 aromatic rings. The molecule has 32 heavy (non-hydrogen) atoms. The summed E-state index contributed by atoms with van der Waals surface area (Å²) in [5.41, 5.74) is 0.744. The Balaban J connectivity index is 1.46. The zero-order valence-corrected chi connectivity index (χ0v) is 17.1. The molecule has 5 nitrogen and oxygen atoms in total. The molecule has 1 aromatic heterocycles. The van der Waals surface area contributed by atoms with Crippen molar-refractivity contribution in [1.29, 1.82) is 0 Å². The van der Waals surface area contributed by atoms with Gasteiger partial charge < -0.3 is 4.74 Å². The number of hydrogen-bond donors (Lipinski definition) is 0. The van der Waals surface area contributed by atoms with Gasteiger partial charge in [0.25, 0.3) is 0 Å². The fourth-order valence-electron chi connectivity index (χ4n) is 3.74. The molecule has 0 aliphatic heterocycles. The summed E-state index contributed by atoms with van der Waals surface area (Å²) >= 11 is 0. The number of carbonyl (C=O) groups is 2. The summed E-state index contributed by atoms with van der Waals surface area (Å²) < 4.78 is 7.51. The summed E-state index contributed by atoms with van der Waals surface area (Å²) in [4.78, 5) is 29.7. The molecule has 0 N–H and O–H groups in total. The molecule has 0 amide bonds. The second kappa shape index (κ2) is 8.40. The van der Waals surface area contributed by atoms with E-state index in [0.29, 0.717) is 11.3 Å². The Morgan fingerprint density at radius 2 is 1.44 bits per heavy atom. The molecule has 1 heterocycles. The fraction of sp³-hybridized carbons (Fsp3) is 0.0370. The Bertz CT molecular complexity index is 1410. The van der Waals surface area contributed by atoms with Gasteiger partial charge in [-0.15, -0.1) is 0 Å². The van der Waals surface area contributed by atoms with Crippen molar-refractivity contribution in [3.05, 3.63) is 115 Å². The molecule has 0 spiro atoms. The standard InChI is InChI=1S/C27H19N2O3/c30-25(19-8-2-1-3-9-19)18-29-15-14-28-24(17-29)27(31)32-26-22-12-6-4-10-20(22)16-21-11-5-7-13-23(21)26/h1-17H,18H2/q+1. The third kappa shape index (κ3) is 3.84. The monoisotopic (exact) mass is 419 g/mol. The quantitative estimate of drug-likeness (QED) is 0.135. The number of Topliss-reactive ketones (excluding diaryl/α,β-unsaturated/α-hetero) is 1. The van der Waals surface area contributed by atoms with Crippen LogP contribution >= 0.6 is 0 Å². The molecular formula is C27H19N2O3+. The number of esters is 1. The van der Waals surface area contributed by atoms with Gasteiger partial charge in [-0.05, 0) is 16.8 Å². The first kappa shape index (κ1) is 19.6. The van der Waals surface area contributed by atoms with E-state index in [1.54, 1.807) is 22.9 Å². The number of ketones is 1. The normalized spacial score (nSPS) is 10.9. The molecule has 0 fully saturated rings. The van der Waals surface area contributed by atoms with E-state index in [0.717, 1.165) is 21.5 Å². The van der Waals surface area contributed by atoms with E-state index < -0.39 is 5.97 Å². The summed E-state index contributed by atoms with van der Waals surface area (Å²) in [6.45, 7) is 0.101. The molecule has 0 aliphatic rings. The lowest BCUT2D eigenvalue weighted by Gasteiger charge is -2.11. The zero-order chi connectivity index (χ0) is 21.9.